The van der Waals surface area contributed by atoms with Gasteiger partial charge in [-0.05, 0) is 48.9 Å². The third-order valence-corrected chi connectivity index (χ3v) is 10.5. The number of carbonyl (C=O) groups is 2. The molecular formula is C26H25N2NaO8S4. The second-order valence-corrected chi connectivity index (χ2v) is 14.2. The molecule has 0 aliphatic carbocycles. The van der Waals surface area contributed by atoms with E-state index in [2.05, 4.69) is 5.32 Å². The summed E-state index contributed by atoms with van der Waals surface area (Å²) in [7, 11) is -8.30. The molecule has 212 valence electrons. The Labute approximate surface area is 269 Å². The van der Waals surface area contributed by atoms with Crippen LogP contribution in [0.15, 0.2) is 86.5 Å². The number of amides is 1. The molecule has 2 aromatic carbocycles. The van der Waals surface area contributed by atoms with Crippen LogP contribution in [0.2, 0.25) is 0 Å². The summed E-state index contributed by atoms with van der Waals surface area (Å²) in [5, 5.41) is 12.4. The van der Waals surface area contributed by atoms with Crippen molar-refractivity contribution in [1.82, 2.24) is 0 Å². The van der Waals surface area contributed by atoms with Gasteiger partial charge in [0, 0.05) is 34.2 Å². The number of Topliss-reactive ketones (excluding diaryl/α,β-unsaturated/α-hetero) is 1. The van der Waals surface area contributed by atoms with Crippen LogP contribution in [-0.2, 0) is 24.7 Å². The van der Waals surface area contributed by atoms with E-state index in [1.54, 1.807) is 42.5 Å². The van der Waals surface area contributed by atoms with Gasteiger partial charge in [0.2, 0.25) is 21.5 Å². The Hall–Kier alpha value is -1.88. The van der Waals surface area contributed by atoms with E-state index < -0.39 is 31.5 Å². The fourth-order valence-electron chi connectivity index (χ4n) is 4.07. The summed E-state index contributed by atoms with van der Waals surface area (Å²) in [6.07, 6.45) is 6.05. The zero-order valence-corrected chi connectivity index (χ0v) is 27.2. The van der Waals surface area contributed by atoms with Crippen LogP contribution < -0.4 is 39.8 Å². The Morgan fingerprint density at radius 1 is 1.15 bits per heavy atom. The van der Waals surface area contributed by atoms with Crippen molar-refractivity contribution in [3.8, 4) is 0 Å². The average molecular weight is 645 g/mol. The maximum Gasteiger partial charge on any atom is 1.00 e. The summed E-state index contributed by atoms with van der Waals surface area (Å²) in [5.41, 5.74) is 1.45. The van der Waals surface area contributed by atoms with E-state index in [0.717, 1.165) is 10.6 Å². The third-order valence-electron chi connectivity index (χ3n) is 5.79. The molecule has 0 atom stereocenters. The van der Waals surface area contributed by atoms with Gasteiger partial charge in [0.15, 0.2) is 0 Å². The minimum absolute atomic E-state index is 0. The summed E-state index contributed by atoms with van der Waals surface area (Å²) in [6, 6.07) is 11.3. The minimum atomic E-state index is -4.39. The van der Waals surface area contributed by atoms with Crippen molar-refractivity contribution < 1.29 is 65.6 Å². The number of benzene rings is 2. The first-order valence-corrected chi connectivity index (χ1v) is 17.0. The minimum Gasteiger partial charge on any atom is -0.748 e. The molecule has 0 fully saturated rings. The average Bonchev–Trinajstić information content (AvgIpc) is 3.32. The van der Waals surface area contributed by atoms with E-state index in [-0.39, 0.29) is 76.2 Å². The first kappa shape index (κ1) is 33.6. The van der Waals surface area contributed by atoms with E-state index in [4.69, 9.17) is 5.11 Å². The monoisotopic (exact) mass is 644 g/mol. The predicted molar refractivity (Wildman–Crippen MR) is 155 cm³/mol. The van der Waals surface area contributed by atoms with Gasteiger partial charge in [0.25, 0.3) is 0 Å². The molecule has 0 aromatic heterocycles. The second-order valence-electron chi connectivity index (χ2n) is 8.63. The number of ketones is 1. The molecule has 2 aliphatic rings. The number of nitrogens with one attached hydrogen (secondary N) is 1. The van der Waals surface area contributed by atoms with Crippen LogP contribution in [0.1, 0.15) is 16.8 Å². The van der Waals surface area contributed by atoms with Crippen molar-refractivity contribution in [1.29, 1.82) is 0 Å². The molecule has 0 bridgehead atoms. The van der Waals surface area contributed by atoms with Gasteiger partial charge in [-0.15, -0.1) is 11.8 Å². The summed E-state index contributed by atoms with van der Waals surface area (Å²) in [5.74, 6) is -0.675. The molecule has 15 heteroatoms. The summed E-state index contributed by atoms with van der Waals surface area (Å²) in [4.78, 5) is 27.1. The third kappa shape index (κ3) is 8.36. The number of nitrogens with zero attached hydrogens (tertiary/aromatic N) is 1. The quantitative estimate of drug-likeness (QED) is 0.148. The standard InChI is InChI=1S/C26H26N2O8S4.Na/c29-13-14-37-17-24(30)27-18-10-11-20-21(16-18)38-25(28(20)12-5-15-39(32,33)34)9-4-3-8-23-26(31)19-6-1-2-7-22(19)40(23,35)36;/h1-4,6-11,16,29H,5,12-15,17H2,(H,27,30)(H,32,33,34);/q;+1/p-1. The van der Waals surface area contributed by atoms with Gasteiger partial charge in [-0.2, -0.15) is 0 Å². The topological polar surface area (TPSA) is 161 Å². The van der Waals surface area contributed by atoms with Crippen LogP contribution in [-0.4, -0.2) is 68.6 Å². The van der Waals surface area contributed by atoms with Crippen LogP contribution in [0, 0.1) is 0 Å². The van der Waals surface area contributed by atoms with E-state index in [0.29, 0.717) is 16.5 Å². The Bertz CT molecular complexity index is 1640. The number of anilines is 2. The SMILES string of the molecule is O=C(CSCCO)Nc1ccc2c(c1)SC(=CC=CC=C1C(=O)c3ccccc3S1(=O)=O)N2CCCS(=O)(=O)[O-].[Na+]. The number of thioether (sulfide) groups is 2. The number of carbonyl (C=O) groups excluding carboxylic acids is 2. The maximum absolute atomic E-state index is 12.8. The molecule has 0 unspecified atom stereocenters. The van der Waals surface area contributed by atoms with E-state index in [1.807, 2.05) is 4.90 Å². The number of allylic oxidation sites excluding steroid dienone is 5. The van der Waals surface area contributed by atoms with Crippen molar-refractivity contribution in [3.63, 3.8) is 0 Å². The first-order chi connectivity index (χ1) is 19.0. The molecule has 2 heterocycles. The Kier molecular flexibility index (Phi) is 11.9. The number of sulfone groups is 1. The number of fused-ring (bicyclic) bond motifs is 2. The molecule has 4 rings (SSSR count). The Morgan fingerprint density at radius 3 is 2.59 bits per heavy atom. The van der Waals surface area contributed by atoms with Crippen LogP contribution in [0.3, 0.4) is 0 Å². The summed E-state index contributed by atoms with van der Waals surface area (Å²) >= 11 is 2.65. The van der Waals surface area contributed by atoms with Gasteiger partial charge in [-0.25, -0.2) is 16.8 Å². The Morgan fingerprint density at radius 2 is 1.88 bits per heavy atom. The zero-order valence-electron chi connectivity index (χ0n) is 22.0. The molecule has 2 aliphatic heterocycles. The van der Waals surface area contributed by atoms with Crippen LogP contribution in [0.5, 0.6) is 0 Å². The normalized spacial score (nSPS) is 17.6. The predicted octanol–water partition coefficient (Wildman–Crippen LogP) is 0.154. The van der Waals surface area contributed by atoms with Crippen molar-refractivity contribution in [2.24, 2.45) is 0 Å². The van der Waals surface area contributed by atoms with Gasteiger partial charge < -0.3 is 19.9 Å². The smallest absolute Gasteiger partial charge is 0.748 e. The van der Waals surface area contributed by atoms with Gasteiger partial charge in [0.1, 0.15) is 4.91 Å². The fourth-order valence-corrected chi connectivity index (χ4v) is 7.78. The van der Waals surface area contributed by atoms with Crippen molar-refractivity contribution in [3.05, 3.63) is 82.3 Å². The summed E-state index contributed by atoms with van der Waals surface area (Å²) < 4.78 is 58.9. The van der Waals surface area contributed by atoms with Crippen molar-refractivity contribution in [2.45, 2.75) is 16.2 Å². The molecule has 2 N–H and O–H groups in total. The molecular weight excluding hydrogens is 620 g/mol. The van der Waals surface area contributed by atoms with Gasteiger partial charge >= 0.3 is 29.6 Å². The molecule has 0 saturated heterocycles. The Balaban J connectivity index is 0.00000462. The molecule has 1 amide bonds. The molecule has 0 saturated carbocycles. The van der Waals surface area contributed by atoms with Crippen LogP contribution >= 0.6 is 23.5 Å². The molecule has 41 heavy (non-hydrogen) atoms. The number of hydrogen-bond acceptors (Lipinski definition) is 11. The zero-order chi connectivity index (χ0) is 28.9. The molecule has 0 radical (unpaired) electrons. The number of aliphatic hydroxyl groups is 1. The van der Waals surface area contributed by atoms with E-state index in [1.165, 1.54) is 47.8 Å². The number of rotatable bonds is 11. The molecule has 2 aromatic rings. The van der Waals surface area contributed by atoms with Crippen LogP contribution in [0.4, 0.5) is 11.4 Å². The number of aliphatic hydroxyl groups excluding tert-OH is 1. The largest absolute Gasteiger partial charge is 1.00 e. The van der Waals surface area contributed by atoms with Gasteiger partial charge in [-0.3, -0.25) is 9.59 Å². The maximum atomic E-state index is 12.8. The van der Waals surface area contributed by atoms with Crippen molar-refractivity contribution >= 4 is 66.5 Å². The van der Waals surface area contributed by atoms with Gasteiger partial charge in [0.05, 0.1) is 38.1 Å². The van der Waals surface area contributed by atoms with Gasteiger partial charge in [-0.1, -0.05) is 36.0 Å². The molecule has 10 nitrogen and oxygen atoms in total. The molecule has 0 spiro atoms. The van der Waals surface area contributed by atoms with Crippen molar-refractivity contribution in [2.75, 3.05) is 40.6 Å². The first-order valence-electron chi connectivity index (χ1n) is 12.0. The fraction of sp³-hybridized carbons (Fsp3) is 0.231. The second kappa shape index (κ2) is 14.5. The summed E-state index contributed by atoms with van der Waals surface area (Å²) in [6.45, 7) is 0.214. The number of hydrogen-bond donors (Lipinski definition) is 2. The van der Waals surface area contributed by atoms with E-state index >= 15 is 0 Å². The van der Waals surface area contributed by atoms with E-state index in [9.17, 15) is 31.0 Å². The van der Waals surface area contributed by atoms with Crippen LogP contribution in [0.25, 0.3) is 0 Å².